The second-order valence-corrected chi connectivity index (χ2v) is 4.43. The van der Waals surface area contributed by atoms with Crippen LogP contribution in [0.3, 0.4) is 0 Å². The quantitative estimate of drug-likeness (QED) is 0.811. The van der Waals surface area contributed by atoms with Gasteiger partial charge in [-0.15, -0.1) is 0 Å². The lowest BCUT2D eigenvalue weighted by Gasteiger charge is -2.08. The third-order valence-corrected chi connectivity index (χ3v) is 3.20. The van der Waals surface area contributed by atoms with Crippen molar-refractivity contribution in [2.75, 3.05) is 0 Å². The Bertz CT molecular complexity index is 477. The predicted octanol–water partition coefficient (Wildman–Crippen LogP) is 3.58. The van der Waals surface area contributed by atoms with Gasteiger partial charge in [-0.1, -0.05) is 19.4 Å². The molecule has 0 aliphatic heterocycles. The highest BCUT2D eigenvalue weighted by Gasteiger charge is 2.26. The van der Waals surface area contributed by atoms with E-state index in [2.05, 4.69) is 6.92 Å². The number of carboxylic acids is 1. The van der Waals surface area contributed by atoms with Gasteiger partial charge in [0.15, 0.2) is 0 Å². The summed E-state index contributed by atoms with van der Waals surface area (Å²) in [7, 11) is 0. The van der Waals surface area contributed by atoms with Gasteiger partial charge in [0.05, 0.1) is 0 Å². The van der Waals surface area contributed by atoms with Crippen LogP contribution in [0, 0.1) is 5.82 Å². The van der Waals surface area contributed by atoms with Gasteiger partial charge < -0.3 is 5.11 Å². The van der Waals surface area contributed by atoms with Crippen LogP contribution in [0.1, 0.15) is 43.2 Å². The molecule has 0 spiro atoms. The van der Waals surface area contributed by atoms with Gasteiger partial charge in [0.2, 0.25) is 0 Å². The van der Waals surface area contributed by atoms with E-state index in [0.717, 1.165) is 29.5 Å². The second-order valence-electron chi connectivity index (χ2n) is 4.43. The number of rotatable bonds is 3. The number of carboxylic acid groups (broad SMARTS) is 1. The number of benzene rings is 1. The first-order chi connectivity index (χ1) is 8.11. The Morgan fingerprint density at radius 2 is 2.35 bits per heavy atom. The van der Waals surface area contributed by atoms with Crippen molar-refractivity contribution in [1.29, 1.82) is 0 Å². The number of carbonyl (C=O) groups is 1. The van der Waals surface area contributed by atoms with E-state index in [1.807, 2.05) is 0 Å². The van der Waals surface area contributed by atoms with Gasteiger partial charge in [0, 0.05) is 6.08 Å². The fraction of sp³-hybridized carbons (Fsp3) is 0.357. The maximum Gasteiger partial charge on any atom is 0.328 e. The lowest BCUT2D eigenvalue weighted by molar-refractivity contribution is -0.131. The maximum atomic E-state index is 13.2. The fourth-order valence-electron chi connectivity index (χ4n) is 2.54. The van der Waals surface area contributed by atoms with Crippen LogP contribution < -0.4 is 0 Å². The van der Waals surface area contributed by atoms with Crippen LogP contribution in [0.25, 0.3) is 5.57 Å². The lowest BCUT2D eigenvalue weighted by Crippen LogP contribution is -1.92. The molecule has 3 heteroatoms. The molecule has 1 aromatic carbocycles. The number of hydrogen-bond acceptors (Lipinski definition) is 1. The van der Waals surface area contributed by atoms with Gasteiger partial charge >= 0.3 is 5.97 Å². The molecule has 2 rings (SSSR count). The molecule has 17 heavy (non-hydrogen) atoms. The predicted molar refractivity (Wildman–Crippen MR) is 64.3 cm³/mol. The van der Waals surface area contributed by atoms with Crippen LogP contribution >= 0.6 is 0 Å². The number of hydrogen-bond donors (Lipinski definition) is 1. The minimum atomic E-state index is -0.965. The molecule has 0 amide bonds. The molecule has 1 aliphatic carbocycles. The highest BCUT2D eigenvalue weighted by molar-refractivity contribution is 5.92. The number of allylic oxidation sites excluding steroid dienone is 1. The molecule has 0 bridgehead atoms. The standard InChI is InChI=1S/C14H15FO2/c1-2-3-9-6-10(7-14(16)17)13-8-11(15)4-5-12(9)13/h4-5,7-9H,2-3,6H2,1H3,(H,16,17)/b10-7-. The molecular weight excluding hydrogens is 219 g/mol. The van der Waals surface area contributed by atoms with Crippen LogP contribution in [-0.4, -0.2) is 11.1 Å². The zero-order valence-corrected chi connectivity index (χ0v) is 9.74. The molecule has 0 fully saturated rings. The van der Waals surface area contributed by atoms with Crippen molar-refractivity contribution in [3.8, 4) is 0 Å². The smallest absolute Gasteiger partial charge is 0.328 e. The maximum absolute atomic E-state index is 13.2. The summed E-state index contributed by atoms with van der Waals surface area (Å²) < 4.78 is 13.2. The van der Waals surface area contributed by atoms with Crippen LogP contribution in [0.5, 0.6) is 0 Å². The van der Waals surface area contributed by atoms with Gasteiger partial charge in [-0.25, -0.2) is 9.18 Å². The number of fused-ring (bicyclic) bond motifs is 1. The van der Waals surface area contributed by atoms with E-state index in [1.54, 1.807) is 6.07 Å². The molecule has 0 radical (unpaired) electrons. The van der Waals surface area contributed by atoms with Crippen molar-refractivity contribution in [1.82, 2.24) is 0 Å². The summed E-state index contributed by atoms with van der Waals surface area (Å²) in [6, 6.07) is 4.68. The SMILES string of the molecule is CCCC1C/C(=C/C(=O)O)c2cc(F)ccc21. The van der Waals surface area contributed by atoms with Crippen LogP contribution in [0.4, 0.5) is 4.39 Å². The lowest BCUT2D eigenvalue weighted by atomic mass is 9.97. The van der Waals surface area contributed by atoms with Crippen molar-refractivity contribution >= 4 is 11.5 Å². The molecule has 0 aromatic heterocycles. The molecule has 1 N–H and O–H groups in total. The van der Waals surface area contributed by atoms with Crippen LogP contribution in [-0.2, 0) is 4.79 Å². The van der Waals surface area contributed by atoms with Crippen molar-refractivity contribution in [2.24, 2.45) is 0 Å². The van der Waals surface area contributed by atoms with Crippen molar-refractivity contribution in [2.45, 2.75) is 32.1 Å². The highest BCUT2D eigenvalue weighted by atomic mass is 19.1. The molecule has 1 atom stereocenters. The molecule has 0 saturated heterocycles. The third kappa shape index (κ3) is 2.38. The minimum absolute atomic E-state index is 0.308. The van der Waals surface area contributed by atoms with Gasteiger partial charge in [-0.05, 0) is 47.6 Å². The summed E-state index contributed by atoms with van der Waals surface area (Å²) in [6.07, 6.45) is 3.96. The molecule has 0 saturated carbocycles. The summed E-state index contributed by atoms with van der Waals surface area (Å²) in [6.45, 7) is 2.10. The number of halogens is 1. The average molecular weight is 234 g/mol. The monoisotopic (exact) mass is 234 g/mol. The van der Waals surface area contributed by atoms with Crippen molar-refractivity contribution < 1.29 is 14.3 Å². The summed E-state index contributed by atoms with van der Waals surface area (Å²) in [4.78, 5) is 10.7. The Morgan fingerprint density at radius 3 is 3.00 bits per heavy atom. The van der Waals surface area contributed by atoms with E-state index in [4.69, 9.17) is 5.11 Å². The summed E-state index contributed by atoms with van der Waals surface area (Å²) in [5, 5.41) is 8.81. The first-order valence-electron chi connectivity index (χ1n) is 5.85. The Hall–Kier alpha value is -1.64. The fourth-order valence-corrected chi connectivity index (χ4v) is 2.54. The summed E-state index contributed by atoms with van der Waals surface area (Å²) in [5.74, 6) is -0.939. The Morgan fingerprint density at radius 1 is 1.59 bits per heavy atom. The summed E-state index contributed by atoms with van der Waals surface area (Å²) >= 11 is 0. The molecule has 90 valence electrons. The Kier molecular flexibility index (Phi) is 3.27. The zero-order chi connectivity index (χ0) is 12.4. The average Bonchev–Trinajstić information content (AvgIpc) is 2.56. The van der Waals surface area contributed by atoms with Crippen molar-refractivity contribution in [3.05, 3.63) is 41.2 Å². The largest absolute Gasteiger partial charge is 0.478 e. The molecule has 1 aromatic rings. The van der Waals surface area contributed by atoms with Gasteiger partial charge in [-0.2, -0.15) is 0 Å². The van der Waals surface area contributed by atoms with Gasteiger partial charge in [0.1, 0.15) is 5.82 Å². The van der Waals surface area contributed by atoms with E-state index in [0.29, 0.717) is 12.3 Å². The van der Waals surface area contributed by atoms with Gasteiger partial charge in [-0.3, -0.25) is 0 Å². The van der Waals surface area contributed by atoms with E-state index >= 15 is 0 Å². The van der Waals surface area contributed by atoms with Gasteiger partial charge in [0.25, 0.3) is 0 Å². The minimum Gasteiger partial charge on any atom is -0.478 e. The van der Waals surface area contributed by atoms with Crippen LogP contribution in [0.2, 0.25) is 0 Å². The first-order valence-corrected chi connectivity index (χ1v) is 5.85. The van der Waals surface area contributed by atoms with E-state index in [1.165, 1.54) is 18.2 Å². The molecule has 1 aliphatic rings. The number of aliphatic carboxylic acids is 1. The van der Waals surface area contributed by atoms with Crippen molar-refractivity contribution in [3.63, 3.8) is 0 Å². The Labute approximate surface area is 99.8 Å². The molecular formula is C14H15FO2. The van der Waals surface area contributed by atoms with E-state index in [9.17, 15) is 9.18 Å². The second kappa shape index (κ2) is 4.70. The normalized spacial score (nSPS) is 20.6. The highest BCUT2D eigenvalue weighted by Crippen LogP contribution is 2.43. The molecule has 0 heterocycles. The van der Waals surface area contributed by atoms with Crippen LogP contribution in [0.15, 0.2) is 24.3 Å². The first kappa shape index (κ1) is 11.8. The van der Waals surface area contributed by atoms with E-state index < -0.39 is 5.97 Å². The van der Waals surface area contributed by atoms with E-state index in [-0.39, 0.29) is 5.82 Å². The third-order valence-electron chi connectivity index (χ3n) is 3.20. The topological polar surface area (TPSA) is 37.3 Å². The molecule has 2 nitrogen and oxygen atoms in total. The zero-order valence-electron chi connectivity index (χ0n) is 9.74. The summed E-state index contributed by atoms with van der Waals surface area (Å²) in [5.41, 5.74) is 2.59. The Balaban J connectivity index is 2.44. The molecule has 1 unspecified atom stereocenters.